The number of esters is 1. The van der Waals surface area contributed by atoms with Crippen molar-refractivity contribution in [1.29, 1.82) is 0 Å². The number of aryl methyl sites for hydroxylation is 3. The predicted molar refractivity (Wildman–Crippen MR) is 106 cm³/mol. The maximum Gasteiger partial charge on any atom is 0.338 e. The van der Waals surface area contributed by atoms with Crippen molar-refractivity contribution in [2.24, 2.45) is 7.05 Å². The Morgan fingerprint density at radius 1 is 1.10 bits per heavy atom. The van der Waals surface area contributed by atoms with Gasteiger partial charge in [-0.15, -0.1) is 0 Å². The van der Waals surface area contributed by atoms with E-state index in [0.717, 1.165) is 28.4 Å². The molecule has 0 atom stereocenters. The molecule has 0 amide bonds. The number of hydrogen-bond donors (Lipinski definition) is 0. The molecule has 0 N–H and O–H groups in total. The quantitative estimate of drug-likeness (QED) is 0.445. The molecule has 2 heterocycles. The number of rotatable bonds is 7. The molecule has 0 aliphatic heterocycles. The van der Waals surface area contributed by atoms with Crippen LogP contribution in [0.15, 0.2) is 34.9 Å². The topological polar surface area (TPSA) is 83.6 Å². The van der Waals surface area contributed by atoms with E-state index in [9.17, 15) is 9.59 Å². The van der Waals surface area contributed by atoms with Gasteiger partial charge in [0.2, 0.25) is 5.78 Å². The summed E-state index contributed by atoms with van der Waals surface area (Å²) in [5.41, 5.74) is 4.44. The molecule has 1 aromatic carbocycles. The standard InChI is InChI=1S/C22H24N2O5/c1-13-10-19(15(3)24(13)5)21(25)12-28-22(26)17-6-8-18(9-7-17)27-11-20-14(2)23-29-16(20)4/h6-10H,11-12H2,1-5H3. The van der Waals surface area contributed by atoms with Crippen LogP contribution in [0.4, 0.5) is 0 Å². The minimum Gasteiger partial charge on any atom is -0.489 e. The lowest BCUT2D eigenvalue weighted by Crippen LogP contribution is -2.15. The molecule has 3 rings (SSSR count). The van der Waals surface area contributed by atoms with Crippen LogP contribution in [0, 0.1) is 27.7 Å². The zero-order valence-corrected chi connectivity index (χ0v) is 17.2. The van der Waals surface area contributed by atoms with Gasteiger partial charge in [0, 0.05) is 24.0 Å². The lowest BCUT2D eigenvalue weighted by Gasteiger charge is -2.08. The smallest absolute Gasteiger partial charge is 0.338 e. The summed E-state index contributed by atoms with van der Waals surface area (Å²) in [6.45, 7) is 7.50. The third kappa shape index (κ3) is 4.39. The molecule has 0 aliphatic carbocycles. The third-order valence-corrected chi connectivity index (χ3v) is 5.06. The number of benzene rings is 1. The summed E-state index contributed by atoms with van der Waals surface area (Å²) >= 11 is 0. The lowest BCUT2D eigenvalue weighted by atomic mass is 10.1. The van der Waals surface area contributed by atoms with E-state index in [-0.39, 0.29) is 12.4 Å². The van der Waals surface area contributed by atoms with Crippen LogP contribution in [-0.4, -0.2) is 28.1 Å². The maximum atomic E-state index is 12.4. The molecule has 0 saturated carbocycles. The Morgan fingerprint density at radius 3 is 2.34 bits per heavy atom. The van der Waals surface area contributed by atoms with Crippen LogP contribution in [0.1, 0.15) is 49.1 Å². The minimum absolute atomic E-state index is 0.223. The van der Waals surface area contributed by atoms with Crippen LogP contribution in [0.2, 0.25) is 0 Å². The van der Waals surface area contributed by atoms with Crippen molar-refractivity contribution in [3.63, 3.8) is 0 Å². The van der Waals surface area contributed by atoms with E-state index < -0.39 is 5.97 Å². The molecule has 29 heavy (non-hydrogen) atoms. The summed E-state index contributed by atoms with van der Waals surface area (Å²) in [4.78, 5) is 24.6. The van der Waals surface area contributed by atoms with Gasteiger partial charge in [0.15, 0.2) is 6.61 Å². The molecule has 0 bridgehead atoms. The van der Waals surface area contributed by atoms with Crippen LogP contribution in [0.3, 0.4) is 0 Å². The van der Waals surface area contributed by atoms with Crippen molar-refractivity contribution in [2.75, 3.05) is 6.61 Å². The monoisotopic (exact) mass is 396 g/mol. The molecule has 0 unspecified atom stereocenters. The fraction of sp³-hybridized carbons (Fsp3) is 0.318. The Balaban J connectivity index is 1.56. The van der Waals surface area contributed by atoms with Crippen molar-refractivity contribution in [3.05, 3.63) is 69.9 Å². The number of hydrogen-bond acceptors (Lipinski definition) is 6. The van der Waals surface area contributed by atoms with Crippen LogP contribution in [0.25, 0.3) is 0 Å². The highest BCUT2D eigenvalue weighted by atomic mass is 16.5. The predicted octanol–water partition coefficient (Wildman–Crippen LogP) is 3.87. The van der Waals surface area contributed by atoms with Gasteiger partial charge >= 0.3 is 5.97 Å². The molecule has 7 heteroatoms. The molecule has 152 valence electrons. The Bertz CT molecular complexity index is 1020. The van der Waals surface area contributed by atoms with Gasteiger partial charge in [-0.3, -0.25) is 4.79 Å². The average molecular weight is 396 g/mol. The Hall–Kier alpha value is -3.35. The Kier molecular flexibility index (Phi) is 5.87. The highest BCUT2D eigenvalue weighted by molar-refractivity contribution is 6.00. The van der Waals surface area contributed by atoms with E-state index in [0.29, 0.717) is 23.5 Å². The summed E-state index contributed by atoms with van der Waals surface area (Å²) in [7, 11) is 1.89. The number of carbonyl (C=O) groups excluding carboxylic acids is 2. The second-order valence-corrected chi connectivity index (χ2v) is 6.96. The molecule has 0 radical (unpaired) electrons. The van der Waals surface area contributed by atoms with E-state index in [1.54, 1.807) is 30.3 Å². The van der Waals surface area contributed by atoms with Crippen LogP contribution in [0.5, 0.6) is 5.75 Å². The van der Waals surface area contributed by atoms with Gasteiger partial charge in [-0.1, -0.05) is 5.16 Å². The van der Waals surface area contributed by atoms with E-state index in [1.165, 1.54) is 0 Å². The van der Waals surface area contributed by atoms with Gasteiger partial charge in [0.05, 0.1) is 16.8 Å². The Labute approximate surface area is 169 Å². The lowest BCUT2D eigenvalue weighted by molar-refractivity contribution is 0.0474. The first-order chi connectivity index (χ1) is 13.8. The number of aromatic nitrogens is 2. The zero-order chi connectivity index (χ0) is 21.1. The second kappa shape index (κ2) is 8.34. The first-order valence-corrected chi connectivity index (χ1v) is 9.25. The zero-order valence-electron chi connectivity index (χ0n) is 17.2. The van der Waals surface area contributed by atoms with Gasteiger partial charge in [-0.2, -0.15) is 0 Å². The van der Waals surface area contributed by atoms with Crippen LogP contribution >= 0.6 is 0 Å². The fourth-order valence-electron chi connectivity index (χ4n) is 2.98. The molecule has 2 aromatic heterocycles. The number of carbonyl (C=O) groups is 2. The van der Waals surface area contributed by atoms with E-state index in [2.05, 4.69) is 5.16 Å². The summed E-state index contributed by atoms with van der Waals surface area (Å²) < 4.78 is 17.9. The van der Waals surface area contributed by atoms with Crippen molar-refractivity contribution >= 4 is 11.8 Å². The fourth-order valence-corrected chi connectivity index (χ4v) is 2.98. The van der Waals surface area contributed by atoms with Crippen molar-refractivity contribution in [1.82, 2.24) is 9.72 Å². The number of Topliss-reactive ketones (excluding diaryl/α,β-unsaturated/α-hetero) is 1. The van der Waals surface area contributed by atoms with E-state index >= 15 is 0 Å². The van der Waals surface area contributed by atoms with Gasteiger partial charge < -0.3 is 18.6 Å². The molecule has 0 fully saturated rings. The van der Waals surface area contributed by atoms with Crippen molar-refractivity contribution < 1.29 is 23.6 Å². The highest BCUT2D eigenvalue weighted by Crippen LogP contribution is 2.19. The van der Waals surface area contributed by atoms with Gasteiger partial charge in [0.1, 0.15) is 18.1 Å². The van der Waals surface area contributed by atoms with Crippen molar-refractivity contribution in [2.45, 2.75) is 34.3 Å². The molecule has 3 aromatic rings. The van der Waals surface area contributed by atoms with E-state index in [4.69, 9.17) is 14.0 Å². The minimum atomic E-state index is -0.555. The molecular weight excluding hydrogens is 372 g/mol. The molecule has 7 nitrogen and oxygen atoms in total. The van der Waals surface area contributed by atoms with E-state index in [1.807, 2.05) is 39.3 Å². The third-order valence-electron chi connectivity index (χ3n) is 5.06. The summed E-state index contributed by atoms with van der Waals surface area (Å²) in [5.74, 6) is 0.545. The van der Waals surface area contributed by atoms with Crippen LogP contribution in [-0.2, 0) is 18.4 Å². The summed E-state index contributed by atoms with van der Waals surface area (Å²) in [5, 5.41) is 3.89. The summed E-state index contributed by atoms with van der Waals surface area (Å²) in [6.07, 6.45) is 0. The molecule has 0 spiro atoms. The number of ketones is 1. The second-order valence-electron chi connectivity index (χ2n) is 6.96. The Morgan fingerprint density at radius 2 is 1.79 bits per heavy atom. The van der Waals surface area contributed by atoms with Gasteiger partial charge in [-0.05, 0) is 58.0 Å². The van der Waals surface area contributed by atoms with Crippen molar-refractivity contribution in [3.8, 4) is 5.75 Å². The maximum absolute atomic E-state index is 12.4. The first-order valence-electron chi connectivity index (χ1n) is 9.25. The molecular formula is C22H24N2O5. The first kappa shape index (κ1) is 20.4. The average Bonchev–Trinajstić information content (AvgIpc) is 3.17. The van der Waals surface area contributed by atoms with Gasteiger partial charge in [-0.25, -0.2) is 4.79 Å². The molecule has 0 saturated heterocycles. The number of ether oxygens (including phenoxy) is 2. The normalized spacial score (nSPS) is 10.8. The summed E-state index contributed by atoms with van der Waals surface area (Å²) in [6, 6.07) is 8.37. The highest BCUT2D eigenvalue weighted by Gasteiger charge is 2.17. The molecule has 0 aliphatic rings. The largest absolute Gasteiger partial charge is 0.489 e. The SMILES string of the molecule is Cc1noc(C)c1COc1ccc(C(=O)OCC(=O)c2cc(C)n(C)c2C)cc1. The number of nitrogens with zero attached hydrogens (tertiary/aromatic N) is 2. The van der Waals surface area contributed by atoms with Gasteiger partial charge in [0.25, 0.3) is 0 Å². The van der Waals surface area contributed by atoms with Crippen LogP contribution < -0.4 is 4.74 Å².